The minimum atomic E-state index is -0.639. The molecule has 0 spiro atoms. The number of pyridine rings is 1. The molecule has 3 aromatic carbocycles. The normalized spacial score (nSPS) is 10.8. The first-order valence-electron chi connectivity index (χ1n) is 11.1. The fraction of sp³-hybridized carbons (Fsp3) is 0.154. The molecule has 0 radical (unpaired) electrons. The highest BCUT2D eigenvalue weighted by atomic mass is 16.5. The number of aryl methyl sites for hydroxylation is 1. The molecule has 1 aromatic heterocycles. The van der Waals surface area contributed by atoms with Crippen LogP contribution >= 0.6 is 0 Å². The molecular weight excluding hydrogens is 448 g/mol. The molecule has 178 valence electrons. The first-order chi connectivity index (χ1) is 17.0. The van der Waals surface area contributed by atoms with Crippen LogP contribution in [0, 0.1) is 0 Å². The topological polar surface area (TPSA) is 132 Å². The lowest BCUT2D eigenvalue weighted by molar-refractivity contribution is -0.668. The van der Waals surface area contributed by atoms with E-state index < -0.39 is 11.8 Å². The fourth-order valence-electron chi connectivity index (χ4n) is 4.11. The van der Waals surface area contributed by atoms with Gasteiger partial charge >= 0.3 is 0 Å². The predicted molar refractivity (Wildman–Crippen MR) is 129 cm³/mol. The Morgan fingerprint density at radius 1 is 0.771 bits per heavy atom. The van der Waals surface area contributed by atoms with E-state index in [0.717, 1.165) is 21.7 Å². The number of nitrogens with zero attached hydrogens (tertiary/aromatic N) is 1. The molecule has 0 bridgehead atoms. The van der Waals surface area contributed by atoms with Crippen molar-refractivity contribution in [2.45, 2.75) is 25.8 Å². The zero-order valence-electron chi connectivity index (χ0n) is 18.8. The predicted octanol–water partition coefficient (Wildman–Crippen LogP) is 2.41. The number of carbonyl (C=O) groups is 3. The Balaban J connectivity index is 1.56. The average Bonchev–Trinajstić information content (AvgIpc) is 2.88. The summed E-state index contributed by atoms with van der Waals surface area (Å²) < 4.78 is 2.04. The minimum absolute atomic E-state index is 0.106. The van der Waals surface area contributed by atoms with E-state index in [1.54, 1.807) is 29.2 Å². The molecule has 3 amide bonds. The minimum Gasteiger partial charge on any atom is -0.326 e. The third-order valence-electron chi connectivity index (χ3n) is 5.75. The summed E-state index contributed by atoms with van der Waals surface area (Å²) in [5.41, 5.74) is 5.52. The third-order valence-corrected chi connectivity index (χ3v) is 5.75. The quantitative estimate of drug-likeness (QED) is 0.116. The van der Waals surface area contributed by atoms with Gasteiger partial charge in [-0.25, -0.2) is 11.0 Å². The van der Waals surface area contributed by atoms with Crippen LogP contribution in [0.1, 0.15) is 17.5 Å². The number of hydroxylamine groups is 2. The van der Waals surface area contributed by atoms with E-state index in [0.29, 0.717) is 23.4 Å². The first kappa shape index (κ1) is 23.8. The van der Waals surface area contributed by atoms with Crippen LogP contribution in [-0.2, 0) is 33.8 Å². The van der Waals surface area contributed by atoms with Gasteiger partial charge in [0.25, 0.3) is 0 Å². The van der Waals surface area contributed by atoms with Crippen molar-refractivity contribution in [3.8, 4) is 0 Å². The van der Waals surface area contributed by atoms with E-state index in [2.05, 4.69) is 17.4 Å². The molecule has 0 aliphatic carbocycles. The molecule has 4 aromatic rings. The van der Waals surface area contributed by atoms with Gasteiger partial charge in [0.05, 0.1) is 24.6 Å². The number of benzene rings is 3. The van der Waals surface area contributed by atoms with Gasteiger partial charge in [0.2, 0.25) is 23.2 Å². The van der Waals surface area contributed by atoms with Crippen LogP contribution in [-0.4, -0.2) is 28.1 Å². The molecule has 0 saturated carbocycles. The Labute approximate surface area is 200 Å². The molecule has 0 aliphatic rings. The van der Waals surface area contributed by atoms with Gasteiger partial charge in [-0.1, -0.05) is 42.5 Å². The van der Waals surface area contributed by atoms with Crippen LogP contribution in [0.4, 0.5) is 5.69 Å². The number of aromatic nitrogens is 1. The second-order valence-electron chi connectivity index (χ2n) is 8.14. The van der Waals surface area contributed by atoms with Crippen LogP contribution in [0.25, 0.3) is 21.7 Å². The Morgan fingerprint density at radius 3 is 2.23 bits per heavy atom. The van der Waals surface area contributed by atoms with Gasteiger partial charge in [0.15, 0.2) is 12.7 Å². The molecule has 0 fully saturated rings. The second kappa shape index (κ2) is 10.7. The number of rotatable bonds is 8. The van der Waals surface area contributed by atoms with Crippen LogP contribution < -0.4 is 20.8 Å². The lowest BCUT2D eigenvalue weighted by Gasteiger charge is -2.13. The molecule has 0 aliphatic heterocycles. The standard InChI is InChI=1S/C26H24N4O5/c31-24(27-22-13-17(14-25(32)28-34)9-10-18(22)15-26(33)29-35)11-12-30-16-19-5-1-2-6-20(19)21-7-3-4-8-23(21)30/h1-10,13,16H,11-12,14-15H2,(H4-,27,28,29,31,32,33,34,35)/p+1. The van der Waals surface area contributed by atoms with E-state index in [-0.39, 0.29) is 25.2 Å². The van der Waals surface area contributed by atoms with Crippen LogP contribution in [0.3, 0.4) is 0 Å². The highest BCUT2D eigenvalue weighted by molar-refractivity contribution is 6.03. The SMILES string of the molecule is O=C(Cc1ccc(CC(=O)NO)c(NC(=O)CC[n+]2cc3ccccc3c3ccccc32)c1)NO. The highest BCUT2D eigenvalue weighted by Crippen LogP contribution is 2.23. The summed E-state index contributed by atoms with van der Waals surface area (Å²) in [4.78, 5) is 36.1. The summed E-state index contributed by atoms with van der Waals surface area (Å²) in [6.07, 6.45) is 1.92. The van der Waals surface area contributed by atoms with Gasteiger partial charge in [-0.2, -0.15) is 4.57 Å². The van der Waals surface area contributed by atoms with E-state index in [1.165, 1.54) is 0 Å². The van der Waals surface area contributed by atoms with Gasteiger partial charge in [-0.05, 0) is 29.3 Å². The molecule has 9 nitrogen and oxygen atoms in total. The molecular formula is C26H25N4O5+. The van der Waals surface area contributed by atoms with Crippen molar-refractivity contribution in [3.05, 3.63) is 84.1 Å². The van der Waals surface area contributed by atoms with Crippen molar-refractivity contribution >= 4 is 45.1 Å². The largest absolute Gasteiger partial charge is 0.326 e. The summed E-state index contributed by atoms with van der Waals surface area (Å²) in [5, 5.41) is 23.8. The maximum Gasteiger partial charge on any atom is 0.247 e. The number of para-hydroxylation sites is 1. The summed E-state index contributed by atoms with van der Waals surface area (Å²) in [6, 6.07) is 20.9. The van der Waals surface area contributed by atoms with Crippen molar-refractivity contribution in [3.63, 3.8) is 0 Å². The molecule has 0 unspecified atom stereocenters. The lowest BCUT2D eigenvalue weighted by Crippen LogP contribution is -2.36. The summed E-state index contributed by atoms with van der Waals surface area (Å²) in [5.74, 6) is -1.52. The van der Waals surface area contributed by atoms with Crippen LogP contribution in [0.5, 0.6) is 0 Å². The van der Waals surface area contributed by atoms with Gasteiger partial charge < -0.3 is 5.32 Å². The van der Waals surface area contributed by atoms with E-state index >= 15 is 0 Å². The third kappa shape index (κ3) is 5.60. The monoisotopic (exact) mass is 473 g/mol. The van der Waals surface area contributed by atoms with E-state index in [9.17, 15) is 14.4 Å². The molecule has 35 heavy (non-hydrogen) atoms. The molecule has 0 atom stereocenters. The number of nitrogens with one attached hydrogen (secondary N) is 3. The number of fused-ring (bicyclic) bond motifs is 3. The Kier molecular flexibility index (Phi) is 7.30. The molecule has 0 saturated heterocycles. The second-order valence-corrected chi connectivity index (χ2v) is 8.14. The summed E-state index contributed by atoms with van der Waals surface area (Å²) in [7, 11) is 0. The highest BCUT2D eigenvalue weighted by Gasteiger charge is 2.17. The van der Waals surface area contributed by atoms with Crippen molar-refractivity contribution in [2.24, 2.45) is 0 Å². The Bertz CT molecular complexity index is 1420. The van der Waals surface area contributed by atoms with E-state index in [4.69, 9.17) is 10.4 Å². The van der Waals surface area contributed by atoms with Crippen molar-refractivity contribution < 1.29 is 29.4 Å². The average molecular weight is 474 g/mol. The molecule has 5 N–H and O–H groups in total. The van der Waals surface area contributed by atoms with Crippen molar-refractivity contribution in [1.29, 1.82) is 0 Å². The summed E-state index contributed by atoms with van der Waals surface area (Å²) >= 11 is 0. The molecule has 9 heteroatoms. The summed E-state index contributed by atoms with van der Waals surface area (Å²) in [6.45, 7) is 0.427. The maximum absolute atomic E-state index is 12.9. The number of anilines is 1. The molecule has 1 heterocycles. The number of amides is 3. The number of carbonyl (C=O) groups excluding carboxylic acids is 3. The lowest BCUT2D eigenvalue weighted by atomic mass is 10.0. The fourth-order valence-corrected chi connectivity index (χ4v) is 4.11. The van der Waals surface area contributed by atoms with E-state index in [1.807, 2.05) is 47.2 Å². The zero-order chi connectivity index (χ0) is 24.8. The van der Waals surface area contributed by atoms with Gasteiger partial charge in [0.1, 0.15) is 0 Å². The van der Waals surface area contributed by atoms with Crippen LogP contribution in [0.2, 0.25) is 0 Å². The smallest absolute Gasteiger partial charge is 0.247 e. The Morgan fingerprint density at radius 2 is 1.46 bits per heavy atom. The first-order valence-corrected chi connectivity index (χ1v) is 11.1. The van der Waals surface area contributed by atoms with Gasteiger partial charge in [-0.15, -0.1) is 0 Å². The zero-order valence-corrected chi connectivity index (χ0v) is 18.8. The van der Waals surface area contributed by atoms with Crippen molar-refractivity contribution in [1.82, 2.24) is 11.0 Å². The van der Waals surface area contributed by atoms with Crippen molar-refractivity contribution in [2.75, 3.05) is 5.32 Å². The van der Waals surface area contributed by atoms with Crippen LogP contribution in [0.15, 0.2) is 72.9 Å². The number of hydrogen-bond acceptors (Lipinski definition) is 5. The maximum atomic E-state index is 12.9. The Hall–Kier alpha value is -4.34. The van der Waals surface area contributed by atoms with Gasteiger partial charge in [-0.3, -0.25) is 24.8 Å². The number of hydrogen-bond donors (Lipinski definition) is 5. The molecule has 4 rings (SSSR count). The van der Waals surface area contributed by atoms with Gasteiger partial charge in [0, 0.05) is 22.5 Å².